The van der Waals surface area contributed by atoms with Crippen LogP contribution in [0.3, 0.4) is 0 Å². The molecule has 9 heteroatoms. The molecule has 1 rings (SSSR count). The summed E-state index contributed by atoms with van der Waals surface area (Å²) in [6.45, 7) is 0. The van der Waals surface area contributed by atoms with Crippen LogP contribution in [0.4, 0.5) is 18.9 Å². The third kappa shape index (κ3) is 4.62. The van der Waals surface area contributed by atoms with Crippen molar-refractivity contribution in [3.8, 4) is 0 Å². The number of alkyl halides is 3. The van der Waals surface area contributed by atoms with Crippen LogP contribution in [0.25, 0.3) is 0 Å². The summed E-state index contributed by atoms with van der Waals surface area (Å²) in [5.74, 6) is -0.726. The molecule has 5 nitrogen and oxygen atoms in total. The van der Waals surface area contributed by atoms with E-state index in [0.29, 0.717) is 0 Å². The van der Waals surface area contributed by atoms with Crippen LogP contribution in [0.5, 0.6) is 0 Å². The van der Waals surface area contributed by atoms with Gasteiger partial charge in [-0.3, -0.25) is 5.41 Å². The fourth-order valence-electron chi connectivity index (χ4n) is 1.07. The number of anilines is 1. The van der Waals surface area contributed by atoms with E-state index in [2.05, 4.69) is 10.6 Å². The van der Waals surface area contributed by atoms with Gasteiger partial charge in [-0.05, 0) is 24.3 Å². The highest BCUT2D eigenvalue weighted by Crippen LogP contribution is 2.29. The summed E-state index contributed by atoms with van der Waals surface area (Å²) in [4.78, 5) is 0. The number of halogens is 3. The third-order valence-corrected chi connectivity index (χ3v) is 2.28. The van der Waals surface area contributed by atoms with Gasteiger partial charge in [0.05, 0.1) is 5.56 Å². The summed E-state index contributed by atoms with van der Waals surface area (Å²) in [6, 6.07) is 4.03. The highest BCUT2D eigenvalue weighted by Gasteiger charge is 2.29. The SMILES string of the molecule is N=C(NC[SH](=O)=O)Nc1ccc(C(F)(F)F)cc1. The number of hydrogen-bond acceptors (Lipinski definition) is 3. The lowest BCUT2D eigenvalue weighted by Gasteiger charge is -2.10. The Labute approximate surface area is 102 Å². The van der Waals surface area contributed by atoms with Crippen molar-refractivity contribution < 1.29 is 21.6 Å². The van der Waals surface area contributed by atoms with Crippen molar-refractivity contribution in [1.29, 1.82) is 5.41 Å². The van der Waals surface area contributed by atoms with Crippen LogP contribution in [0, 0.1) is 5.41 Å². The molecule has 0 amide bonds. The molecule has 0 atom stereocenters. The average Bonchev–Trinajstić information content (AvgIpc) is 2.26. The van der Waals surface area contributed by atoms with Crippen molar-refractivity contribution in [2.75, 3.05) is 11.2 Å². The fraction of sp³-hybridized carbons (Fsp3) is 0.222. The molecule has 0 saturated carbocycles. The predicted molar refractivity (Wildman–Crippen MR) is 61.1 cm³/mol. The van der Waals surface area contributed by atoms with Gasteiger partial charge < -0.3 is 10.6 Å². The van der Waals surface area contributed by atoms with Crippen LogP contribution in [-0.4, -0.2) is 20.3 Å². The second-order valence-corrected chi connectivity index (χ2v) is 4.22. The Balaban J connectivity index is 2.61. The first-order valence-electron chi connectivity index (χ1n) is 4.67. The van der Waals surface area contributed by atoms with Gasteiger partial charge in [-0.1, -0.05) is 0 Å². The first-order valence-corrected chi connectivity index (χ1v) is 6.04. The monoisotopic (exact) mass is 281 g/mol. The van der Waals surface area contributed by atoms with E-state index < -0.39 is 28.3 Å². The van der Waals surface area contributed by atoms with Crippen molar-refractivity contribution >= 4 is 22.4 Å². The summed E-state index contributed by atoms with van der Waals surface area (Å²) in [6.07, 6.45) is -4.41. The van der Waals surface area contributed by atoms with Crippen LogP contribution in [0.2, 0.25) is 0 Å². The van der Waals surface area contributed by atoms with Crippen molar-refractivity contribution in [2.45, 2.75) is 6.18 Å². The first kappa shape index (κ1) is 14.3. The van der Waals surface area contributed by atoms with Gasteiger partial charge in [-0.25, -0.2) is 8.42 Å². The Morgan fingerprint density at radius 2 is 1.78 bits per heavy atom. The summed E-state index contributed by atoms with van der Waals surface area (Å²) < 4.78 is 57.2. The summed E-state index contributed by atoms with van der Waals surface area (Å²) in [7, 11) is -2.67. The van der Waals surface area contributed by atoms with Crippen molar-refractivity contribution in [3.63, 3.8) is 0 Å². The quantitative estimate of drug-likeness (QED) is 0.381. The lowest BCUT2D eigenvalue weighted by molar-refractivity contribution is -0.137. The van der Waals surface area contributed by atoms with Crippen LogP contribution in [-0.2, 0) is 16.9 Å². The molecule has 0 aromatic heterocycles. The molecule has 0 bridgehead atoms. The minimum Gasteiger partial charge on any atom is -0.342 e. The number of thiol groups is 1. The number of guanidine groups is 1. The van der Waals surface area contributed by atoms with Crippen LogP contribution in [0.1, 0.15) is 5.56 Å². The van der Waals surface area contributed by atoms with Gasteiger partial charge in [0.2, 0.25) is 0 Å². The molecule has 0 fully saturated rings. The van der Waals surface area contributed by atoms with E-state index in [-0.39, 0.29) is 11.6 Å². The Hall–Kier alpha value is -1.77. The molecule has 0 radical (unpaired) electrons. The summed E-state index contributed by atoms with van der Waals surface area (Å²) >= 11 is 0. The molecule has 1 aromatic rings. The molecule has 1 aromatic carbocycles. The zero-order valence-electron chi connectivity index (χ0n) is 8.91. The van der Waals surface area contributed by atoms with E-state index in [9.17, 15) is 21.6 Å². The van der Waals surface area contributed by atoms with Crippen molar-refractivity contribution in [2.24, 2.45) is 0 Å². The van der Waals surface area contributed by atoms with Crippen molar-refractivity contribution in [1.82, 2.24) is 5.32 Å². The molecule has 0 spiro atoms. The molecule has 100 valence electrons. The lowest BCUT2D eigenvalue weighted by Crippen LogP contribution is -2.30. The van der Waals surface area contributed by atoms with E-state index >= 15 is 0 Å². The molecule has 0 aliphatic rings. The maximum atomic E-state index is 12.2. The predicted octanol–water partition coefficient (Wildman–Crippen LogP) is 1.21. The summed E-state index contributed by atoms with van der Waals surface area (Å²) in [5, 5.41) is 11.9. The second kappa shape index (κ2) is 5.71. The maximum Gasteiger partial charge on any atom is 0.416 e. The van der Waals surface area contributed by atoms with Gasteiger partial charge in [0.15, 0.2) is 16.7 Å². The van der Waals surface area contributed by atoms with Gasteiger partial charge in [0.1, 0.15) is 5.88 Å². The zero-order valence-corrected chi connectivity index (χ0v) is 9.81. The van der Waals surface area contributed by atoms with Gasteiger partial charge in [-0.2, -0.15) is 13.2 Å². The molecule has 0 unspecified atom stereocenters. The molecule has 3 N–H and O–H groups in total. The molecule has 0 saturated heterocycles. The van der Waals surface area contributed by atoms with Crippen LogP contribution < -0.4 is 10.6 Å². The van der Waals surface area contributed by atoms with E-state index in [4.69, 9.17) is 5.41 Å². The maximum absolute atomic E-state index is 12.2. The first-order chi connectivity index (χ1) is 8.29. The van der Waals surface area contributed by atoms with E-state index in [0.717, 1.165) is 24.3 Å². The van der Waals surface area contributed by atoms with E-state index in [1.54, 1.807) is 0 Å². The number of hydrogen-bond donors (Lipinski definition) is 4. The van der Waals surface area contributed by atoms with Gasteiger partial charge in [-0.15, -0.1) is 0 Å². The second-order valence-electron chi connectivity index (χ2n) is 3.24. The highest BCUT2D eigenvalue weighted by atomic mass is 32.2. The van der Waals surface area contributed by atoms with E-state index in [1.807, 2.05) is 0 Å². The highest BCUT2D eigenvalue weighted by molar-refractivity contribution is 7.72. The fourth-order valence-corrected chi connectivity index (χ4v) is 1.36. The molecule has 0 heterocycles. The number of benzene rings is 1. The van der Waals surface area contributed by atoms with Crippen LogP contribution in [0.15, 0.2) is 24.3 Å². The lowest BCUT2D eigenvalue weighted by atomic mass is 10.2. The van der Waals surface area contributed by atoms with Gasteiger partial charge in [0, 0.05) is 5.69 Å². The normalized spacial score (nSPS) is 11.3. The standard InChI is InChI=1S/C9H10F3N3O2S/c10-9(11,12)6-1-3-7(4-2-6)15-8(13)14-5-18(16)17/h1-4,18H,5H2,(H3,13,14,15). The third-order valence-electron chi connectivity index (χ3n) is 1.87. The zero-order chi connectivity index (χ0) is 13.8. The number of rotatable bonds is 3. The molecule has 18 heavy (non-hydrogen) atoms. The minimum absolute atomic E-state index is 0.252. The molecular formula is C9H10F3N3O2S. The van der Waals surface area contributed by atoms with E-state index in [1.165, 1.54) is 0 Å². The van der Waals surface area contributed by atoms with Crippen LogP contribution >= 0.6 is 0 Å². The Kier molecular flexibility index (Phi) is 4.54. The topological polar surface area (TPSA) is 82.1 Å². The Morgan fingerprint density at radius 1 is 1.22 bits per heavy atom. The summed E-state index contributed by atoms with van der Waals surface area (Å²) in [5.41, 5.74) is -0.545. The van der Waals surface area contributed by atoms with Crippen molar-refractivity contribution in [3.05, 3.63) is 29.8 Å². The van der Waals surface area contributed by atoms with Gasteiger partial charge in [0.25, 0.3) is 0 Å². The number of nitrogens with one attached hydrogen (secondary N) is 3. The minimum atomic E-state index is -4.41. The largest absolute Gasteiger partial charge is 0.416 e. The Bertz CT molecular complexity index is 489. The molecule has 0 aliphatic carbocycles. The average molecular weight is 281 g/mol. The molecular weight excluding hydrogens is 271 g/mol. The van der Waals surface area contributed by atoms with Gasteiger partial charge >= 0.3 is 6.18 Å². The smallest absolute Gasteiger partial charge is 0.342 e. The Morgan fingerprint density at radius 3 is 2.22 bits per heavy atom. The molecule has 0 aliphatic heterocycles.